The van der Waals surface area contributed by atoms with Gasteiger partial charge in [-0.3, -0.25) is 4.40 Å². The lowest BCUT2D eigenvalue weighted by atomic mass is 9.80. The van der Waals surface area contributed by atoms with Crippen molar-refractivity contribution in [3.63, 3.8) is 0 Å². The molecule has 0 atom stereocenters. The number of fused-ring (bicyclic) bond motifs is 3. The minimum Gasteiger partial charge on any atom is -0.345 e. The Morgan fingerprint density at radius 1 is 1.35 bits per heavy atom. The van der Waals surface area contributed by atoms with E-state index in [2.05, 4.69) is 24.6 Å². The third kappa shape index (κ3) is 1.15. The van der Waals surface area contributed by atoms with Crippen LogP contribution in [-0.4, -0.2) is 30.6 Å². The summed E-state index contributed by atoms with van der Waals surface area (Å²) < 4.78 is 2.08. The number of aromatic amines is 1. The zero-order valence-electron chi connectivity index (χ0n) is 9.17. The molecule has 0 radical (unpaired) electrons. The van der Waals surface area contributed by atoms with E-state index in [4.69, 9.17) is 5.73 Å². The molecule has 1 fully saturated rings. The molecule has 17 heavy (non-hydrogen) atoms. The van der Waals surface area contributed by atoms with Crippen LogP contribution in [-0.2, 0) is 0 Å². The molecule has 6 heteroatoms. The van der Waals surface area contributed by atoms with Gasteiger partial charge in [0.15, 0.2) is 11.3 Å². The molecule has 1 aliphatic rings. The largest absolute Gasteiger partial charge is 0.345 e. The zero-order valence-corrected chi connectivity index (χ0v) is 9.17. The molecule has 3 aromatic heterocycles. The highest BCUT2D eigenvalue weighted by Gasteiger charge is 2.31. The van der Waals surface area contributed by atoms with Gasteiger partial charge in [-0.25, -0.2) is 4.98 Å². The van der Waals surface area contributed by atoms with Crippen LogP contribution in [0.15, 0.2) is 18.5 Å². The van der Waals surface area contributed by atoms with E-state index >= 15 is 0 Å². The van der Waals surface area contributed by atoms with Crippen LogP contribution in [0.4, 0.5) is 0 Å². The minimum absolute atomic E-state index is 0.316. The fraction of sp³-hybridized carbons (Fsp3) is 0.364. The average Bonchev–Trinajstić information content (AvgIpc) is 2.90. The average molecular weight is 228 g/mol. The minimum atomic E-state index is 0.316. The molecule has 0 aliphatic heterocycles. The quantitative estimate of drug-likeness (QED) is 0.645. The van der Waals surface area contributed by atoms with Gasteiger partial charge in [-0.05, 0) is 18.9 Å². The predicted octanol–water partition coefficient (Wildman–Crippen LogP) is 0.810. The second-order valence-electron chi connectivity index (χ2n) is 4.65. The van der Waals surface area contributed by atoms with Gasteiger partial charge >= 0.3 is 0 Å². The molecule has 1 aliphatic carbocycles. The van der Waals surface area contributed by atoms with Crippen molar-refractivity contribution in [2.24, 2.45) is 5.73 Å². The Balaban J connectivity index is 1.99. The van der Waals surface area contributed by atoms with Crippen molar-refractivity contribution in [3.8, 4) is 0 Å². The summed E-state index contributed by atoms with van der Waals surface area (Å²) in [6, 6.07) is 2.32. The molecule has 4 rings (SSSR count). The standard InChI is InChI=1S/C11H12N6/c12-7-3-6(4-7)11-16-15-9-5-14-10-8(17(9)11)1-2-13-10/h1-2,5-7,13H,3-4,12H2. The number of aromatic nitrogens is 5. The Kier molecular flexibility index (Phi) is 1.63. The Hall–Kier alpha value is -1.95. The van der Waals surface area contributed by atoms with Crippen LogP contribution < -0.4 is 5.73 Å². The second-order valence-corrected chi connectivity index (χ2v) is 4.65. The van der Waals surface area contributed by atoms with Crippen LogP contribution in [0.3, 0.4) is 0 Å². The van der Waals surface area contributed by atoms with Crippen LogP contribution in [0.1, 0.15) is 24.6 Å². The van der Waals surface area contributed by atoms with E-state index in [1.165, 1.54) is 0 Å². The third-order valence-corrected chi connectivity index (χ3v) is 3.51. The molecule has 3 heterocycles. The SMILES string of the molecule is NC1CC(c2nnc3cnc4[nH]ccc4n23)C1. The predicted molar refractivity (Wildman–Crippen MR) is 62.6 cm³/mol. The highest BCUT2D eigenvalue weighted by molar-refractivity contribution is 5.74. The summed E-state index contributed by atoms with van der Waals surface area (Å²) in [5.74, 6) is 1.44. The lowest BCUT2D eigenvalue weighted by molar-refractivity contribution is 0.337. The summed E-state index contributed by atoms with van der Waals surface area (Å²) in [5.41, 5.74) is 8.53. The normalized spacial score (nSPS) is 24.3. The molecule has 86 valence electrons. The van der Waals surface area contributed by atoms with Crippen molar-refractivity contribution in [1.29, 1.82) is 0 Å². The zero-order chi connectivity index (χ0) is 11.4. The van der Waals surface area contributed by atoms with Gasteiger partial charge in [0.2, 0.25) is 0 Å². The molecule has 0 saturated heterocycles. The molecular weight excluding hydrogens is 216 g/mol. The molecule has 0 spiro atoms. The van der Waals surface area contributed by atoms with Crippen LogP contribution in [0, 0.1) is 0 Å². The smallest absolute Gasteiger partial charge is 0.179 e. The Morgan fingerprint density at radius 2 is 2.24 bits per heavy atom. The number of nitrogens with two attached hydrogens (primary N) is 1. The van der Waals surface area contributed by atoms with E-state index in [-0.39, 0.29) is 0 Å². The Bertz CT molecular complexity index is 690. The maximum absolute atomic E-state index is 5.84. The van der Waals surface area contributed by atoms with Gasteiger partial charge < -0.3 is 10.7 Å². The van der Waals surface area contributed by atoms with E-state index in [0.29, 0.717) is 12.0 Å². The van der Waals surface area contributed by atoms with Crippen molar-refractivity contribution >= 4 is 16.8 Å². The van der Waals surface area contributed by atoms with E-state index in [0.717, 1.165) is 35.5 Å². The maximum Gasteiger partial charge on any atom is 0.179 e. The number of nitrogens with zero attached hydrogens (tertiary/aromatic N) is 4. The molecule has 3 aromatic rings. The summed E-state index contributed by atoms with van der Waals surface area (Å²) in [4.78, 5) is 7.40. The molecule has 0 unspecified atom stereocenters. The summed E-state index contributed by atoms with van der Waals surface area (Å²) in [6.45, 7) is 0. The summed E-state index contributed by atoms with van der Waals surface area (Å²) in [6.07, 6.45) is 5.62. The van der Waals surface area contributed by atoms with Crippen molar-refractivity contribution in [2.75, 3.05) is 0 Å². The van der Waals surface area contributed by atoms with Crippen LogP contribution in [0.5, 0.6) is 0 Å². The van der Waals surface area contributed by atoms with E-state index in [1.807, 2.05) is 12.3 Å². The maximum atomic E-state index is 5.84. The summed E-state index contributed by atoms with van der Waals surface area (Å²) >= 11 is 0. The summed E-state index contributed by atoms with van der Waals surface area (Å²) in [7, 11) is 0. The first kappa shape index (κ1) is 9.12. The first-order valence-corrected chi connectivity index (χ1v) is 5.75. The van der Waals surface area contributed by atoms with Gasteiger partial charge in [0.25, 0.3) is 0 Å². The van der Waals surface area contributed by atoms with Gasteiger partial charge in [-0.2, -0.15) is 0 Å². The van der Waals surface area contributed by atoms with Gasteiger partial charge in [0.05, 0.1) is 11.7 Å². The number of hydrogen-bond donors (Lipinski definition) is 2. The van der Waals surface area contributed by atoms with Crippen molar-refractivity contribution in [3.05, 3.63) is 24.3 Å². The highest BCUT2D eigenvalue weighted by Crippen LogP contribution is 2.35. The number of hydrogen-bond acceptors (Lipinski definition) is 4. The van der Waals surface area contributed by atoms with E-state index in [9.17, 15) is 0 Å². The number of H-pyrrole nitrogens is 1. The van der Waals surface area contributed by atoms with E-state index in [1.54, 1.807) is 6.20 Å². The third-order valence-electron chi connectivity index (χ3n) is 3.51. The lowest BCUT2D eigenvalue weighted by Crippen LogP contribution is -2.35. The fourth-order valence-electron chi connectivity index (χ4n) is 2.54. The Labute approximate surface area is 96.9 Å². The number of nitrogens with one attached hydrogen (secondary N) is 1. The molecule has 0 aromatic carbocycles. The molecule has 1 saturated carbocycles. The molecule has 0 amide bonds. The van der Waals surface area contributed by atoms with Gasteiger partial charge in [-0.1, -0.05) is 0 Å². The molecule has 6 nitrogen and oxygen atoms in total. The van der Waals surface area contributed by atoms with Gasteiger partial charge in [0, 0.05) is 18.2 Å². The molecule has 0 bridgehead atoms. The number of rotatable bonds is 1. The lowest BCUT2D eigenvalue weighted by Gasteiger charge is -2.30. The summed E-state index contributed by atoms with van der Waals surface area (Å²) in [5, 5.41) is 8.46. The van der Waals surface area contributed by atoms with E-state index < -0.39 is 0 Å². The Morgan fingerprint density at radius 3 is 3.06 bits per heavy atom. The monoisotopic (exact) mass is 228 g/mol. The molecule has 3 N–H and O–H groups in total. The fourth-order valence-corrected chi connectivity index (χ4v) is 2.54. The molecular formula is C11H12N6. The topological polar surface area (TPSA) is 84.9 Å². The van der Waals surface area contributed by atoms with Crippen LogP contribution >= 0.6 is 0 Å². The second kappa shape index (κ2) is 3.04. The van der Waals surface area contributed by atoms with Crippen molar-refractivity contribution in [2.45, 2.75) is 24.8 Å². The van der Waals surface area contributed by atoms with Gasteiger partial charge in [-0.15, -0.1) is 10.2 Å². The van der Waals surface area contributed by atoms with Crippen LogP contribution in [0.2, 0.25) is 0 Å². The van der Waals surface area contributed by atoms with Crippen molar-refractivity contribution < 1.29 is 0 Å². The van der Waals surface area contributed by atoms with Crippen molar-refractivity contribution in [1.82, 2.24) is 24.6 Å². The van der Waals surface area contributed by atoms with Gasteiger partial charge in [0.1, 0.15) is 5.82 Å². The van der Waals surface area contributed by atoms with Crippen LogP contribution in [0.25, 0.3) is 16.8 Å². The first-order chi connectivity index (χ1) is 8.33. The highest BCUT2D eigenvalue weighted by atomic mass is 15.3. The first-order valence-electron chi connectivity index (χ1n) is 5.75.